The van der Waals surface area contributed by atoms with E-state index in [-0.39, 0.29) is 5.56 Å². The molecule has 0 saturated heterocycles. The lowest BCUT2D eigenvalue weighted by atomic mass is 10.0. The highest BCUT2D eigenvalue weighted by atomic mass is 16.6. The van der Waals surface area contributed by atoms with E-state index in [0.29, 0.717) is 22.6 Å². The Morgan fingerprint density at radius 3 is 2.75 bits per heavy atom. The van der Waals surface area contributed by atoms with E-state index in [2.05, 4.69) is 0 Å². The van der Waals surface area contributed by atoms with Crippen LogP contribution >= 0.6 is 0 Å². The summed E-state index contributed by atoms with van der Waals surface area (Å²) in [4.78, 5) is 20.7. The maximum atomic E-state index is 11.1. The minimum atomic E-state index is -1.01. The number of benzene rings is 1. The Labute approximate surface area is 114 Å². The van der Waals surface area contributed by atoms with Crippen LogP contribution in [-0.2, 0) is 0 Å². The number of carbonyl (C=O) groups is 1. The van der Waals surface area contributed by atoms with Crippen LogP contribution < -0.4 is 0 Å². The largest absolute Gasteiger partial charge is 0.478 e. The Morgan fingerprint density at radius 1 is 1.35 bits per heavy atom. The topological polar surface area (TPSA) is 93.6 Å². The Balaban J connectivity index is 2.40. The highest BCUT2D eigenvalue weighted by Crippen LogP contribution is 2.28. The summed E-state index contributed by atoms with van der Waals surface area (Å²) >= 11 is 0. The van der Waals surface area contributed by atoms with Crippen molar-refractivity contribution >= 4 is 12.0 Å². The summed E-state index contributed by atoms with van der Waals surface area (Å²) in [6.45, 7) is 1.69. The molecule has 0 aliphatic heterocycles. The van der Waals surface area contributed by atoms with Gasteiger partial charge in [-0.05, 0) is 30.7 Å². The van der Waals surface area contributed by atoms with Crippen LogP contribution in [0.5, 0.6) is 0 Å². The number of carboxylic acids is 1. The predicted molar refractivity (Wildman–Crippen MR) is 71.9 cm³/mol. The third kappa shape index (κ3) is 2.74. The second-order valence-electron chi connectivity index (χ2n) is 4.09. The Morgan fingerprint density at radius 2 is 2.10 bits per heavy atom. The maximum absolute atomic E-state index is 11.1. The summed E-state index contributed by atoms with van der Waals surface area (Å²) in [6, 6.07) is 8.11. The number of furan rings is 1. The monoisotopic (exact) mass is 273 g/mol. The van der Waals surface area contributed by atoms with Gasteiger partial charge in [0.05, 0.1) is 16.6 Å². The number of nitrogens with zero attached hydrogens (tertiary/aromatic N) is 1. The fourth-order valence-electron chi connectivity index (χ4n) is 1.86. The minimum absolute atomic E-state index is 0.196. The molecule has 20 heavy (non-hydrogen) atoms. The number of hydrogen-bond donors (Lipinski definition) is 1. The van der Waals surface area contributed by atoms with Gasteiger partial charge in [-0.25, -0.2) is 4.79 Å². The van der Waals surface area contributed by atoms with Gasteiger partial charge >= 0.3 is 5.97 Å². The number of hydrogen-bond acceptors (Lipinski definition) is 4. The predicted octanol–water partition coefficient (Wildman–Crippen LogP) is 3.20. The lowest BCUT2D eigenvalue weighted by Gasteiger charge is -2.05. The van der Waals surface area contributed by atoms with Crippen LogP contribution in [0.15, 0.2) is 40.9 Å². The molecule has 6 heteroatoms. The van der Waals surface area contributed by atoms with Crippen molar-refractivity contribution in [2.45, 2.75) is 6.92 Å². The molecule has 0 spiro atoms. The quantitative estimate of drug-likeness (QED) is 0.681. The van der Waals surface area contributed by atoms with E-state index < -0.39 is 10.9 Å². The molecule has 0 amide bonds. The molecule has 1 aromatic carbocycles. The molecule has 1 aromatic heterocycles. The van der Waals surface area contributed by atoms with E-state index in [0.717, 1.165) is 6.20 Å². The van der Waals surface area contributed by atoms with Gasteiger partial charge in [0.1, 0.15) is 11.5 Å². The first-order valence-electron chi connectivity index (χ1n) is 5.74. The van der Waals surface area contributed by atoms with E-state index in [9.17, 15) is 14.9 Å². The number of aromatic carboxylic acids is 1. The first-order valence-corrected chi connectivity index (χ1v) is 5.74. The molecule has 0 fully saturated rings. The van der Waals surface area contributed by atoms with Gasteiger partial charge in [-0.3, -0.25) is 10.1 Å². The molecule has 2 aromatic rings. The lowest BCUT2D eigenvalue weighted by Crippen LogP contribution is -2.00. The fourth-order valence-corrected chi connectivity index (χ4v) is 1.86. The van der Waals surface area contributed by atoms with Crippen molar-refractivity contribution in [1.82, 2.24) is 0 Å². The van der Waals surface area contributed by atoms with Crippen LogP contribution in [0.3, 0.4) is 0 Å². The fraction of sp³-hybridized carbons (Fsp3) is 0.0714. The van der Waals surface area contributed by atoms with Gasteiger partial charge in [-0.15, -0.1) is 0 Å². The van der Waals surface area contributed by atoms with Crippen LogP contribution in [0.2, 0.25) is 0 Å². The van der Waals surface area contributed by atoms with E-state index in [1.165, 1.54) is 12.1 Å². The molecule has 0 unspecified atom stereocenters. The lowest BCUT2D eigenvalue weighted by molar-refractivity contribution is -0.401. The zero-order valence-electron chi connectivity index (χ0n) is 10.6. The second kappa shape index (κ2) is 5.40. The molecule has 2 rings (SSSR count). The standard InChI is InChI=1S/C14H11NO5/c1-9-11(3-2-4-12(9)14(16)17)13-6-5-10(20-13)7-8-15(18)19/h2-8H,1H3,(H,16,17). The Hall–Kier alpha value is -2.89. The van der Waals surface area contributed by atoms with E-state index in [1.54, 1.807) is 31.2 Å². The third-order valence-corrected chi connectivity index (χ3v) is 2.82. The van der Waals surface area contributed by atoms with E-state index >= 15 is 0 Å². The average Bonchev–Trinajstić information content (AvgIpc) is 2.85. The molecule has 102 valence electrons. The SMILES string of the molecule is Cc1c(C(=O)O)cccc1-c1ccc(C=C[N+](=O)[O-])o1. The van der Waals surface area contributed by atoms with Crippen LogP contribution in [0.25, 0.3) is 17.4 Å². The molecule has 0 aliphatic carbocycles. The van der Waals surface area contributed by atoms with Gasteiger partial charge in [0.2, 0.25) is 6.20 Å². The molecule has 0 atom stereocenters. The Bertz CT molecular complexity index is 699. The van der Waals surface area contributed by atoms with Crippen molar-refractivity contribution in [1.29, 1.82) is 0 Å². The molecule has 6 nitrogen and oxygen atoms in total. The molecule has 0 radical (unpaired) electrons. The minimum Gasteiger partial charge on any atom is -0.478 e. The molecule has 1 N–H and O–H groups in total. The molecule has 0 bridgehead atoms. The van der Waals surface area contributed by atoms with Crippen LogP contribution in [0.4, 0.5) is 0 Å². The van der Waals surface area contributed by atoms with Crippen molar-refractivity contribution in [2.75, 3.05) is 0 Å². The van der Waals surface area contributed by atoms with Gasteiger partial charge < -0.3 is 9.52 Å². The van der Waals surface area contributed by atoms with Gasteiger partial charge in [0.25, 0.3) is 0 Å². The van der Waals surface area contributed by atoms with Crippen LogP contribution in [0.1, 0.15) is 21.7 Å². The molecular weight excluding hydrogens is 262 g/mol. The van der Waals surface area contributed by atoms with Crippen molar-refractivity contribution < 1.29 is 19.2 Å². The van der Waals surface area contributed by atoms with Crippen molar-refractivity contribution in [3.8, 4) is 11.3 Å². The Kier molecular flexibility index (Phi) is 3.65. The summed E-state index contributed by atoms with van der Waals surface area (Å²) in [5, 5.41) is 19.3. The van der Waals surface area contributed by atoms with Crippen molar-refractivity contribution in [2.24, 2.45) is 0 Å². The first kappa shape index (κ1) is 13.5. The van der Waals surface area contributed by atoms with Gasteiger partial charge in [0.15, 0.2) is 0 Å². The van der Waals surface area contributed by atoms with Crippen LogP contribution in [-0.4, -0.2) is 16.0 Å². The van der Waals surface area contributed by atoms with Gasteiger partial charge in [-0.2, -0.15) is 0 Å². The zero-order chi connectivity index (χ0) is 14.7. The maximum Gasteiger partial charge on any atom is 0.335 e. The summed E-state index contributed by atoms with van der Waals surface area (Å²) in [6.07, 6.45) is 2.02. The number of carboxylic acid groups (broad SMARTS) is 1. The molecule has 1 heterocycles. The van der Waals surface area contributed by atoms with Crippen molar-refractivity contribution in [3.05, 3.63) is 63.5 Å². The van der Waals surface area contributed by atoms with Gasteiger partial charge in [-0.1, -0.05) is 12.1 Å². The summed E-state index contributed by atoms with van der Waals surface area (Å²) in [5.41, 5.74) is 1.42. The number of rotatable bonds is 4. The summed E-state index contributed by atoms with van der Waals surface area (Å²) in [7, 11) is 0. The van der Waals surface area contributed by atoms with E-state index in [4.69, 9.17) is 9.52 Å². The second-order valence-corrected chi connectivity index (χ2v) is 4.09. The number of nitro groups is 1. The highest BCUT2D eigenvalue weighted by molar-refractivity contribution is 5.91. The first-order chi connectivity index (χ1) is 9.49. The molecule has 0 aliphatic rings. The zero-order valence-corrected chi connectivity index (χ0v) is 10.6. The summed E-state index contributed by atoms with van der Waals surface area (Å²) in [5.74, 6) is -0.213. The van der Waals surface area contributed by atoms with Crippen molar-refractivity contribution in [3.63, 3.8) is 0 Å². The van der Waals surface area contributed by atoms with Crippen LogP contribution in [0, 0.1) is 17.0 Å². The normalized spacial score (nSPS) is 10.8. The average molecular weight is 273 g/mol. The van der Waals surface area contributed by atoms with Gasteiger partial charge in [0, 0.05) is 5.56 Å². The smallest absolute Gasteiger partial charge is 0.335 e. The molecular formula is C14H11NO5. The third-order valence-electron chi connectivity index (χ3n) is 2.82. The van der Waals surface area contributed by atoms with E-state index in [1.807, 2.05) is 0 Å². The molecule has 0 saturated carbocycles. The highest BCUT2D eigenvalue weighted by Gasteiger charge is 2.13. The summed E-state index contributed by atoms with van der Waals surface area (Å²) < 4.78 is 5.45.